The average molecular weight is 376 g/mol. The fourth-order valence-corrected chi connectivity index (χ4v) is 4.13. The van der Waals surface area contributed by atoms with Crippen LogP contribution in [0, 0.1) is 5.82 Å². The number of carbonyl (C=O) groups excluding carboxylic acids is 2. The van der Waals surface area contributed by atoms with Crippen LogP contribution < -0.4 is 5.73 Å². The molecule has 2 heterocycles. The largest absolute Gasteiger partial charge is 0.368 e. The Labute approximate surface area is 160 Å². The number of benzene rings is 1. The Kier molecular flexibility index (Phi) is 6.44. The smallest absolute Gasteiger partial charge is 0.239 e. The molecule has 1 aromatic rings. The molecule has 3 rings (SSSR count). The zero-order valence-corrected chi connectivity index (χ0v) is 15.9. The van der Waals surface area contributed by atoms with Gasteiger partial charge in [-0.25, -0.2) is 4.39 Å². The number of rotatable bonds is 5. The molecular formula is C20H29FN4O2. The van der Waals surface area contributed by atoms with Crippen molar-refractivity contribution in [2.45, 2.75) is 38.3 Å². The van der Waals surface area contributed by atoms with Gasteiger partial charge in [0.1, 0.15) is 11.9 Å². The molecule has 0 bridgehead atoms. The van der Waals surface area contributed by atoms with Crippen molar-refractivity contribution < 1.29 is 14.0 Å². The highest BCUT2D eigenvalue weighted by molar-refractivity contribution is 5.81. The summed E-state index contributed by atoms with van der Waals surface area (Å²) in [5.41, 5.74) is 6.32. The van der Waals surface area contributed by atoms with Gasteiger partial charge in [-0.2, -0.15) is 0 Å². The summed E-state index contributed by atoms with van der Waals surface area (Å²) >= 11 is 0. The molecule has 2 fully saturated rings. The van der Waals surface area contributed by atoms with E-state index in [1.54, 1.807) is 12.1 Å². The molecule has 2 N–H and O–H groups in total. The van der Waals surface area contributed by atoms with Gasteiger partial charge in [0.25, 0.3) is 0 Å². The van der Waals surface area contributed by atoms with E-state index in [0.29, 0.717) is 44.3 Å². The van der Waals surface area contributed by atoms with Crippen LogP contribution >= 0.6 is 0 Å². The van der Waals surface area contributed by atoms with E-state index in [0.717, 1.165) is 19.4 Å². The highest BCUT2D eigenvalue weighted by Crippen LogP contribution is 2.23. The number of halogens is 1. The zero-order valence-electron chi connectivity index (χ0n) is 15.9. The summed E-state index contributed by atoms with van der Waals surface area (Å²) in [6.07, 6.45) is 3.36. The summed E-state index contributed by atoms with van der Waals surface area (Å²) in [6.45, 7) is 6.11. The molecule has 2 saturated heterocycles. The number of likely N-dealkylation sites (tertiary alicyclic amines) is 1. The number of piperidine rings is 1. The first-order valence-electron chi connectivity index (χ1n) is 9.76. The van der Waals surface area contributed by atoms with Gasteiger partial charge in [-0.1, -0.05) is 12.1 Å². The molecule has 2 unspecified atom stereocenters. The minimum absolute atomic E-state index is 0.195. The molecule has 2 amide bonds. The lowest BCUT2D eigenvalue weighted by Gasteiger charge is -2.39. The normalized spacial score (nSPS) is 23.2. The van der Waals surface area contributed by atoms with E-state index in [1.165, 1.54) is 18.6 Å². The number of primary amides is 1. The minimum atomic E-state index is -0.564. The fourth-order valence-electron chi connectivity index (χ4n) is 4.13. The summed E-state index contributed by atoms with van der Waals surface area (Å²) in [5.74, 6) is -0.578. The molecule has 7 heteroatoms. The number of piperazine rings is 1. The van der Waals surface area contributed by atoms with Crippen LogP contribution in [-0.4, -0.2) is 71.8 Å². The van der Waals surface area contributed by atoms with Crippen LogP contribution in [-0.2, 0) is 9.59 Å². The van der Waals surface area contributed by atoms with Gasteiger partial charge in [0.15, 0.2) is 0 Å². The van der Waals surface area contributed by atoms with Crippen LogP contribution in [0.25, 0.3) is 0 Å². The van der Waals surface area contributed by atoms with Crippen LogP contribution in [0.1, 0.15) is 37.8 Å². The van der Waals surface area contributed by atoms with Crippen molar-refractivity contribution in [3.05, 3.63) is 35.6 Å². The molecule has 0 saturated carbocycles. The number of nitrogens with two attached hydrogens (primary N) is 1. The Bertz CT molecular complexity index is 658. The highest BCUT2D eigenvalue weighted by atomic mass is 19.1. The highest BCUT2D eigenvalue weighted by Gasteiger charge is 2.31. The summed E-state index contributed by atoms with van der Waals surface area (Å²) in [6, 6.07) is 5.67. The number of amides is 2. The summed E-state index contributed by atoms with van der Waals surface area (Å²) in [5, 5.41) is 0. The van der Waals surface area contributed by atoms with Crippen LogP contribution in [0.3, 0.4) is 0 Å². The van der Waals surface area contributed by atoms with Crippen molar-refractivity contribution in [1.82, 2.24) is 14.7 Å². The maximum absolute atomic E-state index is 13.2. The summed E-state index contributed by atoms with van der Waals surface area (Å²) in [7, 11) is 0. The molecule has 2 aliphatic heterocycles. The van der Waals surface area contributed by atoms with Crippen molar-refractivity contribution in [3.8, 4) is 0 Å². The molecule has 6 nitrogen and oxygen atoms in total. The number of carbonyl (C=O) groups is 2. The van der Waals surface area contributed by atoms with Crippen molar-refractivity contribution >= 4 is 11.8 Å². The number of nitrogens with zero attached hydrogens (tertiary/aromatic N) is 3. The Balaban J connectivity index is 1.56. The van der Waals surface area contributed by atoms with Gasteiger partial charge in [0.2, 0.25) is 11.8 Å². The molecule has 0 spiro atoms. The van der Waals surface area contributed by atoms with Crippen molar-refractivity contribution in [1.29, 1.82) is 0 Å². The topological polar surface area (TPSA) is 69.9 Å². The zero-order chi connectivity index (χ0) is 19.4. The maximum atomic E-state index is 13.2. The first-order valence-corrected chi connectivity index (χ1v) is 9.76. The van der Waals surface area contributed by atoms with Gasteiger partial charge >= 0.3 is 0 Å². The second kappa shape index (κ2) is 8.80. The van der Waals surface area contributed by atoms with E-state index in [2.05, 4.69) is 11.8 Å². The summed E-state index contributed by atoms with van der Waals surface area (Å²) in [4.78, 5) is 30.8. The molecule has 27 heavy (non-hydrogen) atoms. The number of hydrogen-bond donors (Lipinski definition) is 1. The predicted molar refractivity (Wildman–Crippen MR) is 101 cm³/mol. The molecule has 2 aliphatic rings. The average Bonchev–Trinajstić information content (AvgIpc) is 2.65. The molecule has 0 radical (unpaired) electrons. The van der Waals surface area contributed by atoms with Gasteiger partial charge in [0, 0.05) is 38.8 Å². The molecule has 1 aromatic carbocycles. The van der Waals surface area contributed by atoms with Crippen LogP contribution in [0.2, 0.25) is 0 Å². The van der Waals surface area contributed by atoms with Gasteiger partial charge in [-0.15, -0.1) is 0 Å². The third-order valence-corrected chi connectivity index (χ3v) is 5.71. The van der Waals surface area contributed by atoms with E-state index in [-0.39, 0.29) is 11.7 Å². The van der Waals surface area contributed by atoms with E-state index in [9.17, 15) is 14.0 Å². The Hall–Kier alpha value is -1.99. The van der Waals surface area contributed by atoms with E-state index < -0.39 is 11.9 Å². The SMILES string of the molecule is CC1CCCCN1C(=O)CN1CCN(C(C(N)=O)c2ccc(F)cc2)CC1. The Morgan fingerprint density at radius 3 is 2.37 bits per heavy atom. The quantitative estimate of drug-likeness (QED) is 0.843. The standard InChI is InChI=1S/C20H29FN4O2/c1-15-4-2-3-9-25(15)18(26)14-23-10-12-24(13-11-23)19(20(22)27)16-5-7-17(21)8-6-16/h5-8,15,19H,2-4,9-14H2,1H3,(H2,22,27). The van der Waals surface area contributed by atoms with Gasteiger partial charge in [-0.3, -0.25) is 19.4 Å². The van der Waals surface area contributed by atoms with Crippen molar-refractivity contribution in [2.75, 3.05) is 39.3 Å². The van der Waals surface area contributed by atoms with Crippen LogP contribution in [0.5, 0.6) is 0 Å². The Morgan fingerprint density at radius 2 is 1.78 bits per heavy atom. The lowest BCUT2D eigenvalue weighted by molar-refractivity contribution is -0.136. The lowest BCUT2D eigenvalue weighted by Crippen LogP contribution is -2.53. The maximum Gasteiger partial charge on any atom is 0.239 e. The van der Waals surface area contributed by atoms with Crippen molar-refractivity contribution in [3.63, 3.8) is 0 Å². The predicted octanol–water partition coefficient (Wildman–Crippen LogP) is 1.37. The van der Waals surface area contributed by atoms with Gasteiger partial charge < -0.3 is 10.6 Å². The second-order valence-electron chi connectivity index (χ2n) is 7.60. The first-order chi connectivity index (χ1) is 13.0. The Morgan fingerprint density at radius 1 is 1.11 bits per heavy atom. The van der Waals surface area contributed by atoms with E-state index in [4.69, 9.17) is 5.73 Å². The van der Waals surface area contributed by atoms with E-state index in [1.807, 2.05) is 9.80 Å². The fraction of sp³-hybridized carbons (Fsp3) is 0.600. The lowest BCUT2D eigenvalue weighted by atomic mass is 10.0. The molecule has 2 atom stereocenters. The van der Waals surface area contributed by atoms with Crippen molar-refractivity contribution in [2.24, 2.45) is 5.73 Å². The first kappa shape index (κ1) is 19.8. The molecule has 148 valence electrons. The monoisotopic (exact) mass is 376 g/mol. The molecule has 0 aromatic heterocycles. The third kappa shape index (κ3) is 4.84. The summed E-state index contributed by atoms with van der Waals surface area (Å²) < 4.78 is 13.2. The van der Waals surface area contributed by atoms with Crippen LogP contribution in [0.4, 0.5) is 4.39 Å². The van der Waals surface area contributed by atoms with Crippen LogP contribution in [0.15, 0.2) is 24.3 Å². The third-order valence-electron chi connectivity index (χ3n) is 5.71. The molecular weight excluding hydrogens is 347 g/mol. The molecule has 0 aliphatic carbocycles. The second-order valence-corrected chi connectivity index (χ2v) is 7.60. The van der Waals surface area contributed by atoms with E-state index >= 15 is 0 Å². The van der Waals surface area contributed by atoms with Gasteiger partial charge in [0.05, 0.1) is 6.54 Å². The number of hydrogen-bond acceptors (Lipinski definition) is 4. The minimum Gasteiger partial charge on any atom is -0.368 e. The van der Waals surface area contributed by atoms with Gasteiger partial charge in [-0.05, 0) is 43.9 Å².